The van der Waals surface area contributed by atoms with E-state index in [2.05, 4.69) is 27.9 Å². The third-order valence-electron chi connectivity index (χ3n) is 4.60. The van der Waals surface area contributed by atoms with Crippen LogP contribution in [0.1, 0.15) is 46.1 Å². The zero-order valence-corrected chi connectivity index (χ0v) is 24.8. The van der Waals surface area contributed by atoms with Crippen LogP contribution >= 0.6 is 45.8 Å². The van der Waals surface area contributed by atoms with E-state index in [1.807, 2.05) is 45.9 Å². The topological polar surface area (TPSA) is 97.3 Å². The largest absolute Gasteiger partial charge is 0.491 e. The molecule has 36 heavy (non-hydrogen) atoms. The third kappa shape index (κ3) is 13.7. The van der Waals surface area contributed by atoms with E-state index in [0.29, 0.717) is 22.4 Å². The number of hydrogen-bond donors (Lipinski definition) is 3. The number of carbonyl (C=O) groups is 1. The molecule has 2 rings (SSSR count). The molecule has 0 aliphatic carbocycles. The molecule has 2 aromatic rings. The fourth-order valence-electron chi connectivity index (χ4n) is 2.95. The van der Waals surface area contributed by atoms with Gasteiger partial charge in [-0.1, -0.05) is 36.2 Å². The molecular formula is C26H36Cl2INO6. The Bertz CT molecular complexity index is 939. The maximum atomic E-state index is 11.9. The highest BCUT2D eigenvalue weighted by molar-refractivity contribution is 14.1. The quantitative estimate of drug-likeness (QED) is 0.247. The molecule has 3 N–H and O–H groups in total. The highest BCUT2D eigenvalue weighted by Gasteiger charge is 2.19. The second-order valence-electron chi connectivity index (χ2n) is 8.76. The van der Waals surface area contributed by atoms with Crippen molar-refractivity contribution in [1.29, 1.82) is 0 Å². The van der Waals surface area contributed by atoms with Crippen molar-refractivity contribution in [2.75, 3.05) is 26.4 Å². The van der Waals surface area contributed by atoms with Gasteiger partial charge in [0.2, 0.25) is 0 Å². The predicted molar refractivity (Wildman–Crippen MR) is 153 cm³/mol. The summed E-state index contributed by atoms with van der Waals surface area (Å²) in [6, 6.07) is 10.9. The van der Waals surface area contributed by atoms with E-state index in [4.69, 9.17) is 47.6 Å². The standard InChI is InChI=1S/C18H28ClNO4.C8H8ClIO2/c1-5-15(20-17(22)24-18(2,3)4)9-7-13-6-8-14(19)12-16(13)23-11-10-21;9-6-1-2-7(10)8(5-6)12-4-3-11/h6,8,12,15,21H,5,7,9-11H2,1-4H3,(H,20,22);1-2,5,11H,3-4H2/t15-;/m1./s1. The van der Waals surface area contributed by atoms with Crippen LogP contribution in [0.4, 0.5) is 4.79 Å². The number of halogens is 3. The van der Waals surface area contributed by atoms with Crippen LogP contribution in [-0.4, -0.2) is 54.4 Å². The van der Waals surface area contributed by atoms with Crippen LogP contribution in [0, 0.1) is 3.57 Å². The monoisotopic (exact) mass is 655 g/mol. The molecule has 0 aliphatic heterocycles. The number of nitrogens with one attached hydrogen (secondary N) is 1. The minimum Gasteiger partial charge on any atom is -0.491 e. The number of hydrogen-bond acceptors (Lipinski definition) is 6. The lowest BCUT2D eigenvalue weighted by molar-refractivity contribution is 0.0500. The summed E-state index contributed by atoms with van der Waals surface area (Å²) in [6.45, 7) is 8.03. The van der Waals surface area contributed by atoms with Gasteiger partial charge in [-0.25, -0.2) is 4.79 Å². The molecule has 0 saturated carbocycles. The molecule has 0 saturated heterocycles. The number of aryl methyl sites for hydroxylation is 1. The lowest BCUT2D eigenvalue weighted by Crippen LogP contribution is -2.39. The number of alkyl carbamates (subject to hydrolysis) is 1. The summed E-state index contributed by atoms with van der Waals surface area (Å²) in [5, 5.41) is 21.6. The average molecular weight is 656 g/mol. The number of benzene rings is 2. The fourth-order valence-corrected chi connectivity index (χ4v) is 3.77. The Morgan fingerprint density at radius 2 is 1.56 bits per heavy atom. The van der Waals surface area contributed by atoms with Gasteiger partial charge in [0.25, 0.3) is 0 Å². The molecule has 0 heterocycles. The van der Waals surface area contributed by atoms with Crippen molar-refractivity contribution >= 4 is 51.9 Å². The third-order valence-corrected chi connectivity index (χ3v) is 5.96. The molecule has 2 aromatic carbocycles. The van der Waals surface area contributed by atoms with Crippen molar-refractivity contribution in [2.24, 2.45) is 0 Å². The first kappa shape index (κ1) is 32.6. The molecule has 7 nitrogen and oxygen atoms in total. The van der Waals surface area contributed by atoms with Gasteiger partial charge in [0.1, 0.15) is 30.3 Å². The lowest BCUT2D eigenvalue weighted by Gasteiger charge is -2.23. The first-order valence-electron chi connectivity index (χ1n) is 11.7. The van der Waals surface area contributed by atoms with E-state index in [0.717, 1.165) is 34.1 Å². The molecule has 10 heteroatoms. The maximum Gasteiger partial charge on any atom is 0.407 e. The lowest BCUT2D eigenvalue weighted by atomic mass is 10.0. The van der Waals surface area contributed by atoms with Crippen molar-refractivity contribution in [2.45, 2.75) is 58.6 Å². The molecule has 0 radical (unpaired) electrons. The Morgan fingerprint density at radius 1 is 1.00 bits per heavy atom. The molecule has 0 bridgehead atoms. The number of ether oxygens (including phenoxy) is 3. The number of aliphatic hydroxyl groups excluding tert-OH is 2. The molecule has 1 amide bonds. The van der Waals surface area contributed by atoms with E-state index in [1.54, 1.807) is 18.2 Å². The van der Waals surface area contributed by atoms with Gasteiger partial charge < -0.3 is 29.7 Å². The highest BCUT2D eigenvalue weighted by Crippen LogP contribution is 2.26. The Morgan fingerprint density at radius 3 is 2.11 bits per heavy atom. The van der Waals surface area contributed by atoms with Gasteiger partial charge in [0.15, 0.2) is 0 Å². The van der Waals surface area contributed by atoms with Crippen LogP contribution in [0.5, 0.6) is 11.5 Å². The number of aliphatic hydroxyl groups is 2. The summed E-state index contributed by atoms with van der Waals surface area (Å²) in [7, 11) is 0. The van der Waals surface area contributed by atoms with Crippen LogP contribution < -0.4 is 14.8 Å². The van der Waals surface area contributed by atoms with Gasteiger partial charge in [0, 0.05) is 16.1 Å². The van der Waals surface area contributed by atoms with E-state index in [-0.39, 0.29) is 25.9 Å². The Kier molecular flexibility index (Phi) is 15.5. The van der Waals surface area contributed by atoms with Crippen molar-refractivity contribution in [1.82, 2.24) is 5.32 Å². The fraction of sp³-hybridized carbons (Fsp3) is 0.500. The number of rotatable bonds is 11. The number of amides is 1. The zero-order chi connectivity index (χ0) is 27.1. The molecule has 0 fully saturated rings. The van der Waals surface area contributed by atoms with E-state index >= 15 is 0 Å². The summed E-state index contributed by atoms with van der Waals surface area (Å²) in [4.78, 5) is 11.9. The predicted octanol–water partition coefficient (Wildman–Crippen LogP) is 6.26. The molecule has 0 spiro atoms. The van der Waals surface area contributed by atoms with Gasteiger partial charge in [0.05, 0.1) is 16.8 Å². The van der Waals surface area contributed by atoms with Gasteiger partial charge in [-0.05, 0) is 98.5 Å². The second kappa shape index (κ2) is 17.1. The van der Waals surface area contributed by atoms with Gasteiger partial charge >= 0.3 is 6.09 Å². The van der Waals surface area contributed by atoms with Crippen molar-refractivity contribution < 1.29 is 29.2 Å². The summed E-state index contributed by atoms with van der Waals surface area (Å²) < 4.78 is 17.0. The van der Waals surface area contributed by atoms with Crippen LogP contribution in [-0.2, 0) is 11.2 Å². The minimum absolute atomic E-state index is 0.0150. The molecule has 0 aromatic heterocycles. The van der Waals surface area contributed by atoms with Crippen LogP contribution in [0.3, 0.4) is 0 Å². The smallest absolute Gasteiger partial charge is 0.407 e. The second-order valence-corrected chi connectivity index (χ2v) is 10.8. The van der Waals surface area contributed by atoms with Gasteiger partial charge in [-0.3, -0.25) is 0 Å². The molecule has 1 atom stereocenters. The number of carbonyl (C=O) groups excluding carboxylic acids is 1. The van der Waals surface area contributed by atoms with Crippen LogP contribution in [0.15, 0.2) is 36.4 Å². The van der Waals surface area contributed by atoms with E-state index in [9.17, 15) is 4.79 Å². The van der Waals surface area contributed by atoms with Crippen molar-refractivity contribution in [3.8, 4) is 11.5 Å². The molecule has 202 valence electrons. The molecule has 0 aliphatic rings. The summed E-state index contributed by atoms with van der Waals surface area (Å²) >= 11 is 13.9. The summed E-state index contributed by atoms with van der Waals surface area (Å²) in [6.07, 6.45) is 1.89. The average Bonchev–Trinajstić information content (AvgIpc) is 2.81. The molecular weight excluding hydrogens is 620 g/mol. The van der Waals surface area contributed by atoms with Crippen LogP contribution in [0.25, 0.3) is 0 Å². The van der Waals surface area contributed by atoms with Gasteiger partial charge in [-0.15, -0.1) is 0 Å². The first-order chi connectivity index (χ1) is 17.0. The normalized spacial score (nSPS) is 11.7. The Balaban J connectivity index is 0.000000450. The zero-order valence-electron chi connectivity index (χ0n) is 21.2. The van der Waals surface area contributed by atoms with Gasteiger partial charge in [-0.2, -0.15) is 0 Å². The Hall–Kier alpha value is -1.46. The SMILES string of the molecule is CC[C@H](CCc1ccc(Cl)cc1OCCO)NC(=O)OC(C)(C)C.OCCOc1cc(Cl)ccc1I. The van der Waals surface area contributed by atoms with Crippen molar-refractivity contribution in [3.05, 3.63) is 55.6 Å². The summed E-state index contributed by atoms with van der Waals surface area (Å²) in [5.74, 6) is 1.39. The Labute approximate surface area is 237 Å². The molecule has 0 unspecified atom stereocenters. The maximum absolute atomic E-state index is 11.9. The van der Waals surface area contributed by atoms with Crippen LogP contribution in [0.2, 0.25) is 10.0 Å². The highest BCUT2D eigenvalue weighted by atomic mass is 127. The van der Waals surface area contributed by atoms with E-state index in [1.165, 1.54) is 0 Å². The van der Waals surface area contributed by atoms with Crippen molar-refractivity contribution in [3.63, 3.8) is 0 Å². The first-order valence-corrected chi connectivity index (χ1v) is 13.5. The minimum atomic E-state index is -0.510. The van der Waals surface area contributed by atoms with E-state index < -0.39 is 11.7 Å². The summed E-state index contributed by atoms with van der Waals surface area (Å²) in [5.41, 5.74) is 0.487.